The largest absolute Gasteiger partial charge is 0.394 e. The van der Waals surface area contributed by atoms with E-state index in [1.165, 1.54) is 0 Å². The maximum atomic E-state index is 10.9. The van der Waals surface area contributed by atoms with Gasteiger partial charge in [0.1, 0.15) is 0 Å². The van der Waals surface area contributed by atoms with Crippen molar-refractivity contribution in [2.24, 2.45) is 5.41 Å². The van der Waals surface area contributed by atoms with Crippen LogP contribution < -0.4 is 0 Å². The van der Waals surface area contributed by atoms with Gasteiger partial charge in [-0.1, -0.05) is 20.8 Å². The minimum absolute atomic E-state index is 0.0110. The zero-order valence-corrected chi connectivity index (χ0v) is 8.79. The number of hydrogen-bond donors (Lipinski definition) is 1. The molecule has 12 heavy (non-hydrogen) atoms. The lowest BCUT2D eigenvalue weighted by molar-refractivity contribution is 0.146. The molecule has 0 rings (SSSR count). The molecule has 0 fully saturated rings. The summed E-state index contributed by atoms with van der Waals surface area (Å²) < 4.78 is 20.5. The molecule has 74 valence electrons. The smallest absolute Gasteiger partial charge is 0.319 e. The highest BCUT2D eigenvalue weighted by Crippen LogP contribution is 2.27. The molecule has 1 N–H and O–H groups in total. The van der Waals surface area contributed by atoms with Gasteiger partial charge in [0.2, 0.25) is 0 Å². The molecule has 4 nitrogen and oxygen atoms in total. The second-order valence-electron chi connectivity index (χ2n) is 3.67. The van der Waals surface area contributed by atoms with E-state index in [-0.39, 0.29) is 18.6 Å². The van der Waals surface area contributed by atoms with Crippen LogP contribution in [0.5, 0.6) is 0 Å². The monoisotopic (exact) mass is 196 g/mol. The van der Waals surface area contributed by atoms with Crippen LogP contribution in [0.3, 0.4) is 0 Å². The Hall–Kier alpha value is 0.110. The average Bonchev–Trinajstić information content (AvgIpc) is 1.95. The summed E-state index contributed by atoms with van der Waals surface area (Å²) in [6.45, 7) is 6.28. The van der Waals surface area contributed by atoms with E-state index >= 15 is 0 Å². The Bertz CT molecular complexity index is 141. The first-order valence-corrected chi connectivity index (χ1v) is 5.08. The van der Waals surface area contributed by atoms with Crippen molar-refractivity contribution in [1.29, 1.82) is 0 Å². The summed E-state index contributed by atoms with van der Waals surface area (Å²) in [6.07, 6.45) is 0. The maximum absolute atomic E-state index is 10.9. The average molecular weight is 196 g/mol. The van der Waals surface area contributed by atoms with Gasteiger partial charge in [-0.05, 0) is 5.41 Å². The fourth-order valence-electron chi connectivity index (χ4n) is 0.446. The number of hydrogen-bond acceptors (Lipinski definition) is 4. The first kappa shape index (κ1) is 12.1. The number of aliphatic hydroxyl groups is 1. The Balaban J connectivity index is 3.44. The summed E-state index contributed by atoms with van der Waals surface area (Å²) in [5, 5.41) is 8.34. The van der Waals surface area contributed by atoms with Gasteiger partial charge in [-0.15, -0.1) is 0 Å². The Labute approximate surface area is 73.8 Å². The highest BCUT2D eigenvalue weighted by atomic mass is 31.1. The first-order chi connectivity index (χ1) is 5.45. The van der Waals surface area contributed by atoms with Gasteiger partial charge in [0, 0.05) is 0 Å². The Kier molecular flexibility index (Phi) is 5.76. The molecule has 0 saturated heterocycles. The van der Waals surface area contributed by atoms with Crippen LogP contribution in [0.2, 0.25) is 0 Å². The fourth-order valence-corrected chi connectivity index (χ4v) is 1.34. The summed E-state index contributed by atoms with van der Waals surface area (Å²) in [4.78, 5) is 0. The molecule has 0 aromatic rings. The van der Waals surface area contributed by atoms with Crippen LogP contribution in [0, 0.1) is 5.41 Å². The predicted octanol–water partition coefficient (Wildman–Crippen LogP) is 1.45. The fraction of sp³-hybridized carbons (Fsp3) is 1.00. The summed E-state index contributed by atoms with van der Waals surface area (Å²) in [6, 6.07) is 0. The standard InChI is InChI=1S/C7H17O4P/c1-7(2,3)6-11-12(9)10-5-4-8/h8,12H,4-6H2,1-3H3. The molecule has 1 unspecified atom stereocenters. The molecule has 0 radical (unpaired) electrons. The van der Waals surface area contributed by atoms with Crippen LogP contribution in [0.25, 0.3) is 0 Å². The second kappa shape index (κ2) is 5.70. The van der Waals surface area contributed by atoms with Gasteiger partial charge in [-0.2, -0.15) is 0 Å². The summed E-state index contributed by atoms with van der Waals surface area (Å²) >= 11 is 0. The van der Waals surface area contributed by atoms with Crippen LogP contribution in [-0.2, 0) is 13.6 Å². The van der Waals surface area contributed by atoms with E-state index in [4.69, 9.17) is 9.63 Å². The lowest BCUT2D eigenvalue weighted by Gasteiger charge is -2.17. The number of rotatable bonds is 5. The van der Waals surface area contributed by atoms with E-state index in [0.717, 1.165) is 0 Å². The van der Waals surface area contributed by atoms with Crippen LogP contribution in [0.1, 0.15) is 20.8 Å². The molecule has 0 aliphatic rings. The molecule has 1 atom stereocenters. The normalized spacial score (nSPS) is 14.7. The van der Waals surface area contributed by atoms with Crippen LogP contribution >= 0.6 is 8.25 Å². The first-order valence-electron chi connectivity index (χ1n) is 3.86. The van der Waals surface area contributed by atoms with E-state index in [9.17, 15) is 4.57 Å². The molecule has 0 heterocycles. The van der Waals surface area contributed by atoms with E-state index < -0.39 is 8.25 Å². The van der Waals surface area contributed by atoms with Gasteiger partial charge in [-0.3, -0.25) is 4.57 Å². The third-order valence-corrected chi connectivity index (χ3v) is 1.75. The van der Waals surface area contributed by atoms with Crippen molar-refractivity contribution in [2.75, 3.05) is 19.8 Å². The maximum Gasteiger partial charge on any atom is 0.319 e. The molecule has 0 amide bonds. The van der Waals surface area contributed by atoms with E-state index in [1.54, 1.807) is 0 Å². The topological polar surface area (TPSA) is 55.8 Å². The van der Waals surface area contributed by atoms with Crippen molar-refractivity contribution in [3.05, 3.63) is 0 Å². The molecular weight excluding hydrogens is 179 g/mol. The quantitative estimate of drug-likeness (QED) is 0.676. The molecule has 0 aromatic carbocycles. The molecule has 0 bridgehead atoms. The lowest BCUT2D eigenvalue weighted by Crippen LogP contribution is -2.12. The van der Waals surface area contributed by atoms with Gasteiger partial charge in [-0.25, -0.2) is 0 Å². The molecular formula is C7H17O4P. The van der Waals surface area contributed by atoms with Crippen molar-refractivity contribution in [2.45, 2.75) is 20.8 Å². The Morgan fingerprint density at radius 3 is 2.33 bits per heavy atom. The van der Waals surface area contributed by atoms with Crippen molar-refractivity contribution < 1.29 is 18.7 Å². The zero-order valence-electron chi connectivity index (χ0n) is 7.79. The van der Waals surface area contributed by atoms with E-state index in [1.807, 2.05) is 20.8 Å². The molecule has 0 saturated carbocycles. The molecule has 0 aromatic heterocycles. The van der Waals surface area contributed by atoms with Crippen molar-refractivity contribution >= 4 is 8.25 Å². The third-order valence-electron chi connectivity index (χ3n) is 0.934. The van der Waals surface area contributed by atoms with Gasteiger partial charge >= 0.3 is 8.25 Å². The van der Waals surface area contributed by atoms with Gasteiger partial charge in [0.25, 0.3) is 0 Å². The molecule has 0 aliphatic heterocycles. The minimum atomic E-state index is -2.40. The highest BCUT2D eigenvalue weighted by molar-refractivity contribution is 7.33. The molecule has 5 heteroatoms. The predicted molar refractivity (Wildman–Crippen MR) is 47.4 cm³/mol. The van der Waals surface area contributed by atoms with E-state index in [0.29, 0.717) is 6.61 Å². The van der Waals surface area contributed by atoms with Gasteiger partial charge < -0.3 is 14.2 Å². The Morgan fingerprint density at radius 2 is 1.92 bits per heavy atom. The van der Waals surface area contributed by atoms with Gasteiger partial charge in [0.15, 0.2) is 0 Å². The summed E-state index contributed by atoms with van der Waals surface area (Å²) in [7, 11) is -2.40. The number of aliphatic hydroxyl groups excluding tert-OH is 1. The lowest BCUT2D eigenvalue weighted by atomic mass is 9.99. The van der Waals surface area contributed by atoms with Gasteiger partial charge in [0.05, 0.1) is 19.8 Å². The second-order valence-corrected chi connectivity index (χ2v) is 4.75. The van der Waals surface area contributed by atoms with Crippen LogP contribution in [0.15, 0.2) is 0 Å². The zero-order chi connectivity index (χ0) is 9.61. The van der Waals surface area contributed by atoms with Crippen LogP contribution in [-0.4, -0.2) is 24.9 Å². The third kappa shape index (κ3) is 8.21. The SMILES string of the molecule is CC(C)(C)CO[PH](=O)OCCO. The van der Waals surface area contributed by atoms with Crippen LogP contribution in [0.4, 0.5) is 0 Å². The Morgan fingerprint density at radius 1 is 1.33 bits per heavy atom. The highest BCUT2D eigenvalue weighted by Gasteiger charge is 2.12. The van der Waals surface area contributed by atoms with E-state index in [2.05, 4.69) is 4.52 Å². The molecule has 0 spiro atoms. The van der Waals surface area contributed by atoms with Crippen molar-refractivity contribution in [3.63, 3.8) is 0 Å². The minimum Gasteiger partial charge on any atom is -0.394 e. The summed E-state index contributed by atoms with van der Waals surface area (Å²) in [5.41, 5.74) is -0.0110. The molecule has 0 aliphatic carbocycles. The van der Waals surface area contributed by atoms with Crippen molar-refractivity contribution in [3.8, 4) is 0 Å². The summed E-state index contributed by atoms with van der Waals surface area (Å²) in [5.74, 6) is 0. The van der Waals surface area contributed by atoms with Crippen molar-refractivity contribution in [1.82, 2.24) is 0 Å².